The van der Waals surface area contributed by atoms with Gasteiger partial charge in [-0.05, 0) is 25.5 Å². The predicted molar refractivity (Wildman–Crippen MR) is 127 cm³/mol. The summed E-state index contributed by atoms with van der Waals surface area (Å²) in [6.07, 6.45) is 1.92. The van der Waals surface area contributed by atoms with Crippen molar-refractivity contribution in [2.24, 2.45) is 4.99 Å². The highest BCUT2D eigenvalue weighted by Gasteiger charge is 2.05. The van der Waals surface area contributed by atoms with Crippen molar-refractivity contribution in [1.29, 1.82) is 0 Å². The lowest BCUT2D eigenvalue weighted by Gasteiger charge is -2.18. The molecular weight excluding hydrogens is 469 g/mol. The fourth-order valence-electron chi connectivity index (χ4n) is 2.39. The molecule has 0 fully saturated rings. The molecule has 0 heterocycles. The molecule has 7 nitrogen and oxygen atoms in total. The van der Waals surface area contributed by atoms with Gasteiger partial charge in [0.25, 0.3) is 0 Å². The largest absolute Gasteiger partial charge is 0.385 e. The van der Waals surface area contributed by atoms with E-state index in [0.29, 0.717) is 5.96 Å². The van der Waals surface area contributed by atoms with E-state index in [1.807, 2.05) is 18.2 Å². The standard InChI is InChI=1S/C20H35N5O2.HI/c1-24(2)19(26)17-23-20(21-12-11-18-9-6-5-7-10-18)22-13-15-25(3)14-8-16-27-4;/h5-7,9-10H,8,11-17H2,1-4H3,(H2,21,22,23);1H. The van der Waals surface area contributed by atoms with Crippen LogP contribution in [0.4, 0.5) is 0 Å². The van der Waals surface area contributed by atoms with Gasteiger partial charge in [-0.1, -0.05) is 30.3 Å². The van der Waals surface area contributed by atoms with Crippen molar-refractivity contribution >= 4 is 35.8 Å². The number of methoxy groups -OCH3 is 1. The van der Waals surface area contributed by atoms with Crippen LogP contribution >= 0.6 is 24.0 Å². The third-order valence-corrected chi connectivity index (χ3v) is 4.09. The van der Waals surface area contributed by atoms with Gasteiger partial charge in [-0.25, -0.2) is 4.99 Å². The molecule has 0 bridgehead atoms. The summed E-state index contributed by atoms with van der Waals surface area (Å²) in [5.74, 6) is 0.655. The highest BCUT2D eigenvalue weighted by atomic mass is 127. The molecule has 0 atom stereocenters. The number of rotatable bonds is 12. The lowest BCUT2D eigenvalue weighted by Crippen LogP contribution is -2.42. The minimum absolute atomic E-state index is 0. The van der Waals surface area contributed by atoms with E-state index in [-0.39, 0.29) is 36.4 Å². The first-order valence-electron chi connectivity index (χ1n) is 9.46. The van der Waals surface area contributed by atoms with Crippen molar-refractivity contribution in [2.45, 2.75) is 12.8 Å². The maximum Gasteiger partial charge on any atom is 0.243 e. The number of hydrogen-bond acceptors (Lipinski definition) is 4. The topological polar surface area (TPSA) is 69.2 Å². The first kappa shape index (κ1) is 26.6. The van der Waals surface area contributed by atoms with Crippen LogP contribution in [0.1, 0.15) is 12.0 Å². The molecule has 0 saturated carbocycles. The zero-order valence-corrected chi connectivity index (χ0v) is 19.9. The minimum atomic E-state index is -0.0177. The van der Waals surface area contributed by atoms with Crippen molar-refractivity contribution in [3.8, 4) is 0 Å². The van der Waals surface area contributed by atoms with Crippen LogP contribution < -0.4 is 10.6 Å². The van der Waals surface area contributed by atoms with Gasteiger partial charge in [-0.15, -0.1) is 24.0 Å². The van der Waals surface area contributed by atoms with Crippen LogP contribution in [0.5, 0.6) is 0 Å². The summed E-state index contributed by atoms with van der Waals surface area (Å²) in [6.45, 7) is 4.31. The minimum Gasteiger partial charge on any atom is -0.385 e. The van der Waals surface area contributed by atoms with E-state index in [4.69, 9.17) is 4.74 Å². The number of nitrogens with zero attached hydrogens (tertiary/aromatic N) is 3. The summed E-state index contributed by atoms with van der Waals surface area (Å²) in [7, 11) is 7.29. The Morgan fingerprint density at radius 2 is 1.75 bits per heavy atom. The molecule has 1 amide bonds. The first-order valence-corrected chi connectivity index (χ1v) is 9.46. The molecule has 0 unspecified atom stereocenters. The molecule has 0 aliphatic carbocycles. The molecule has 1 rings (SSSR count). The van der Waals surface area contributed by atoms with Crippen LogP contribution in [0.2, 0.25) is 0 Å². The van der Waals surface area contributed by atoms with Crippen LogP contribution in [0, 0.1) is 0 Å². The quantitative estimate of drug-likeness (QED) is 0.195. The second-order valence-electron chi connectivity index (χ2n) is 6.69. The fourth-order valence-corrected chi connectivity index (χ4v) is 2.39. The second-order valence-corrected chi connectivity index (χ2v) is 6.69. The number of benzene rings is 1. The lowest BCUT2D eigenvalue weighted by atomic mass is 10.1. The summed E-state index contributed by atoms with van der Waals surface area (Å²) in [5.41, 5.74) is 1.27. The zero-order valence-electron chi connectivity index (χ0n) is 17.6. The van der Waals surface area contributed by atoms with Gasteiger partial charge in [0.1, 0.15) is 6.54 Å². The highest BCUT2D eigenvalue weighted by molar-refractivity contribution is 14.0. The summed E-state index contributed by atoms with van der Waals surface area (Å²) in [4.78, 5) is 20.0. The number of aliphatic imine (C=N–C) groups is 1. The maximum absolute atomic E-state index is 11.8. The molecule has 0 radical (unpaired) electrons. The number of halogens is 1. The van der Waals surface area contributed by atoms with Crippen molar-refractivity contribution in [3.05, 3.63) is 35.9 Å². The van der Waals surface area contributed by atoms with E-state index in [1.54, 1.807) is 26.1 Å². The fraction of sp³-hybridized carbons (Fsp3) is 0.600. The molecule has 160 valence electrons. The Kier molecular flexibility index (Phi) is 15.7. The summed E-state index contributed by atoms with van der Waals surface area (Å²) < 4.78 is 5.08. The van der Waals surface area contributed by atoms with Crippen molar-refractivity contribution in [3.63, 3.8) is 0 Å². The molecular formula is C20H36IN5O2. The highest BCUT2D eigenvalue weighted by Crippen LogP contribution is 1.98. The molecule has 0 saturated heterocycles. The van der Waals surface area contributed by atoms with Crippen LogP contribution in [0.25, 0.3) is 0 Å². The van der Waals surface area contributed by atoms with Crippen molar-refractivity contribution in [1.82, 2.24) is 20.4 Å². The molecule has 2 N–H and O–H groups in total. The Hall–Kier alpha value is -1.39. The SMILES string of the molecule is COCCCN(C)CCNC(=NCC(=O)N(C)C)NCCc1ccccc1.I. The monoisotopic (exact) mass is 505 g/mol. The average Bonchev–Trinajstić information content (AvgIpc) is 2.66. The molecule has 0 spiro atoms. The Morgan fingerprint density at radius 1 is 1.07 bits per heavy atom. The van der Waals surface area contributed by atoms with Crippen LogP contribution in [-0.2, 0) is 16.0 Å². The molecule has 0 aliphatic heterocycles. The van der Waals surface area contributed by atoms with Gasteiger partial charge in [0.2, 0.25) is 5.91 Å². The number of likely N-dealkylation sites (N-methyl/N-ethyl adjacent to an activating group) is 2. The van der Waals surface area contributed by atoms with E-state index in [9.17, 15) is 4.79 Å². The van der Waals surface area contributed by atoms with E-state index in [1.165, 1.54) is 5.56 Å². The van der Waals surface area contributed by atoms with Gasteiger partial charge in [0.05, 0.1) is 0 Å². The number of guanidine groups is 1. The van der Waals surface area contributed by atoms with E-state index in [2.05, 4.69) is 39.7 Å². The maximum atomic E-state index is 11.8. The average molecular weight is 505 g/mol. The Labute approximate surface area is 186 Å². The molecule has 28 heavy (non-hydrogen) atoms. The van der Waals surface area contributed by atoms with E-state index < -0.39 is 0 Å². The second kappa shape index (κ2) is 16.6. The van der Waals surface area contributed by atoms with Gasteiger partial charge in [-0.2, -0.15) is 0 Å². The zero-order chi connectivity index (χ0) is 19.9. The number of carbonyl (C=O) groups is 1. The van der Waals surface area contributed by atoms with Gasteiger partial charge in [-0.3, -0.25) is 4.79 Å². The van der Waals surface area contributed by atoms with Crippen LogP contribution in [-0.4, -0.2) is 89.3 Å². The molecule has 1 aromatic carbocycles. The third-order valence-electron chi connectivity index (χ3n) is 4.09. The lowest BCUT2D eigenvalue weighted by molar-refractivity contribution is -0.127. The van der Waals surface area contributed by atoms with Gasteiger partial charge in [0.15, 0.2) is 5.96 Å². The first-order chi connectivity index (χ1) is 13.0. The summed E-state index contributed by atoms with van der Waals surface area (Å²) >= 11 is 0. The van der Waals surface area contributed by atoms with Crippen LogP contribution in [0.3, 0.4) is 0 Å². The molecule has 0 aliphatic rings. The van der Waals surface area contributed by atoms with Gasteiger partial charge >= 0.3 is 0 Å². The third kappa shape index (κ3) is 12.9. The summed E-state index contributed by atoms with van der Waals surface area (Å²) in [6, 6.07) is 10.3. The van der Waals surface area contributed by atoms with E-state index in [0.717, 1.165) is 45.6 Å². The molecule has 8 heteroatoms. The number of ether oxygens (including phenoxy) is 1. The Balaban J connectivity index is 0.00000729. The number of amides is 1. The van der Waals surface area contributed by atoms with Gasteiger partial charge in [0, 0.05) is 54.0 Å². The smallest absolute Gasteiger partial charge is 0.243 e. The van der Waals surface area contributed by atoms with Crippen molar-refractivity contribution in [2.75, 3.05) is 67.6 Å². The number of nitrogens with one attached hydrogen (secondary N) is 2. The molecule has 0 aromatic heterocycles. The Bertz CT molecular complexity index is 555. The van der Waals surface area contributed by atoms with E-state index >= 15 is 0 Å². The van der Waals surface area contributed by atoms with Crippen molar-refractivity contribution < 1.29 is 9.53 Å². The summed E-state index contributed by atoms with van der Waals surface area (Å²) in [5, 5.41) is 6.64. The number of carbonyl (C=O) groups excluding carboxylic acids is 1. The Morgan fingerprint density at radius 3 is 2.39 bits per heavy atom. The molecule has 1 aromatic rings. The normalized spacial score (nSPS) is 11.1. The number of hydrogen-bond donors (Lipinski definition) is 2. The predicted octanol–water partition coefficient (Wildman–Crippen LogP) is 1.44. The van der Waals surface area contributed by atoms with Gasteiger partial charge < -0.3 is 25.2 Å². The van der Waals surface area contributed by atoms with Crippen LogP contribution in [0.15, 0.2) is 35.3 Å².